The molecular weight excluding hydrogens is 344 g/mol. The quantitative estimate of drug-likeness (QED) is 0.852. The number of hydrogen-bond donors (Lipinski definition) is 1. The van der Waals surface area contributed by atoms with Gasteiger partial charge in [0, 0.05) is 18.2 Å². The summed E-state index contributed by atoms with van der Waals surface area (Å²) in [5.41, 5.74) is 3.01. The molecular formula is C21H22N2O2S. The normalized spacial score (nSPS) is 19.6. The lowest BCUT2D eigenvalue weighted by atomic mass is 10.1. The van der Waals surface area contributed by atoms with Gasteiger partial charge in [-0.2, -0.15) is 0 Å². The van der Waals surface area contributed by atoms with Crippen LogP contribution in [0.3, 0.4) is 0 Å². The maximum absolute atomic E-state index is 12.3. The number of benzene rings is 2. The van der Waals surface area contributed by atoms with Crippen molar-refractivity contribution in [3.05, 3.63) is 71.3 Å². The summed E-state index contributed by atoms with van der Waals surface area (Å²) in [7, 11) is 0. The van der Waals surface area contributed by atoms with Crippen molar-refractivity contribution < 1.29 is 9.59 Å². The fourth-order valence-electron chi connectivity index (χ4n) is 3.16. The number of rotatable bonds is 6. The summed E-state index contributed by atoms with van der Waals surface area (Å²) < 4.78 is 0. The van der Waals surface area contributed by atoms with E-state index in [-0.39, 0.29) is 17.2 Å². The highest BCUT2D eigenvalue weighted by Crippen LogP contribution is 2.38. The number of carbonyl (C=O) groups excluding carboxylic acids is 2. The van der Waals surface area contributed by atoms with Gasteiger partial charge in [0.2, 0.25) is 5.91 Å². The van der Waals surface area contributed by atoms with Crippen molar-refractivity contribution in [2.24, 2.45) is 0 Å². The molecule has 1 saturated heterocycles. The van der Waals surface area contributed by atoms with Gasteiger partial charge in [-0.05, 0) is 42.5 Å². The molecule has 1 unspecified atom stereocenters. The van der Waals surface area contributed by atoms with E-state index in [1.165, 1.54) is 5.56 Å². The minimum absolute atomic E-state index is 0.00450. The zero-order valence-corrected chi connectivity index (χ0v) is 15.4. The second-order valence-electron chi connectivity index (χ2n) is 6.86. The van der Waals surface area contributed by atoms with Crippen molar-refractivity contribution in [1.29, 1.82) is 0 Å². The summed E-state index contributed by atoms with van der Waals surface area (Å²) in [6.07, 6.45) is 3.02. The van der Waals surface area contributed by atoms with Gasteiger partial charge in [0.15, 0.2) is 0 Å². The zero-order chi connectivity index (χ0) is 17.9. The lowest BCUT2D eigenvalue weighted by Gasteiger charge is -2.24. The van der Waals surface area contributed by atoms with Gasteiger partial charge in [0.05, 0.1) is 5.75 Å². The molecule has 2 aliphatic rings. The van der Waals surface area contributed by atoms with Crippen molar-refractivity contribution in [3.8, 4) is 0 Å². The van der Waals surface area contributed by atoms with E-state index in [1.54, 1.807) is 11.8 Å². The molecule has 4 rings (SSSR count). The number of hydrogen-bond acceptors (Lipinski definition) is 3. The number of nitrogens with one attached hydrogen (secondary N) is 1. The number of nitrogens with zero attached hydrogens (tertiary/aromatic N) is 1. The largest absolute Gasteiger partial charge is 0.349 e. The van der Waals surface area contributed by atoms with Gasteiger partial charge < -0.3 is 10.2 Å². The van der Waals surface area contributed by atoms with Crippen LogP contribution in [0.25, 0.3) is 0 Å². The second-order valence-corrected chi connectivity index (χ2v) is 7.92. The first kappa shape index (κ1) is 17.2. The Morgan fingerprint density at radius 1 is 1.08 bits per heavy atom. The molecule has 0 bridgehead atoms. The van der Waals surface area contributed by atoms with Crippen LogP contribution in [-0.2, 0) is 11.2 Å². The SMILES string of the molecule is O=C(NC1CC1)c1ccc(C2SCC(=O)N2CCc2ccccc2)cc1. The molecule has 2 aromatic rings. The van der Waals surface area contributed by atoms with Crippen LogP contribution < -0.4 is 5.32 Å². The van der Waals surface area contributed by atoms with Gasteiger partial charge in [-0.3, -0.25) is 9.59 Å². The van der Waals surface area contributed by atoms with Crippen LogP contribution in [0.5, 0.6) is 0 Å². The van der Waals surface area contributed by atoms with Crippen molar-refractivity contribution >= 4 is 23.6 Å². The monoisotopic (exact) mass is 366 g/mol. The molecule has 5 heteroatoms. The van der Waals surface area contributed by atoms with Crippen molar-refractivity contribution in [2.75, 3.05) is 12.3 Å². The predicted molar refractivity (Wildman–Crippen MR) is 104 cm³/mol. The van der Waals surface area contributed by atoms with E-state index in [1.807, 2.05) is 47.4 Å². The summed E-state index contributed by atoms with van der Waals surface area (Å²) in [4.78, 5) is 26.4. The van der Waals surface area contributed by atoms with Crippen molar-refractivity contribution in [2.45, 2.75) is 30.7 Å². The summed E-state index contributed by atoms with van der Waals surface area (Å²) in [5, 5.41) is 3.04. The summed E-state index contributed by atoms with van der Waals surface area (Å²) in [6.45, 7) is 0.713. The van der Waals surface area contributed by atoms with E-state index in [2.05, 4.69) is 17.4 Å². The topological polar surface area (TPSA) is 49.4 Å². The first-order valence-electron chi connectivity index (χ1n) is 9.06. The Morgan fingerprint density at radius 3 is 2.50 bits per heavy atom. The molecule has 4 nitrogen and oxygen atoms in total. The smallest absolute Gasteiger partial charge is 0.251 e. The standard InChI is InChI=1S/C21H22N2O2S/c24-19-14-26-21(23(19)13-12-15-4-2-1-3-5-15)17-8-6-16(7-9-17)20(25)22-18-10-11-18/h1-9,18,21H,10-14H2,(H,22,25). The number of carbonyl (C=O) groups is 2. The van der Waals surface area contributed by atoms with Crippen LogP contribution in [-0.4, -0.2) is 35.1 Å². The first-order valence-corrected chi connectivity index (χ1v) is 10.1. The minimum Gasteiger partial charge on any atom is -0.349 e. The van der Waals surface area contributed by atoms with Crippen LogP contribution in [0, 0.1) is 0 Å². The van der Waals surface area contributed by atoms with E-state index in [0.29, 0.717) is 23.9 Å². The van der Waals surface area contributed by atoms with E-state index in [4.69, 9.17) is 0 Å². The molecule has 2 aromatic carbocycles. The molecule has 26 heavy (non-hydrogen) atoms. The van der Waals surface area contributed by atoms with Gasteiger partial charge in [-0.1, -0.05) is 42.5 Å². The Labute approximate surface area is 158 Å². The predicted octanol–water partition coefficient (Wildman–Crippen LogP) is 3.40. The van der Waals surface area contributed by atoms with E-state index in [9.17, 15) is 9.59 Å². The zero-order valence-electron chi connectivity index (χ0n) is 14.6. The van der Waals surface area contributed by atoms with E-state index < -0.39 is 0 Å². The molecule has 1 aliphatic carbocycles. The Morgan fingerprint density at radius 2 is 1.81 bits per heavy atom. The van der Waals surface area contributed by atoms with Gasteiger partial charge in [0.25, 0.3) is 5.91 Å². The highest BCUT2D eigenvalue weighted by Gasteiger charge is 2.32. The molecule has 134 valence electrons. The second kappa shape index (κ2) is 7.54. The molecule has 0 spiro atoms. The maximum atomic E-state index is 12.3. The maximum Gasteiger partial charge on any atom is 0.251 e. The fraction of sp³-hybridized carbons (Fsp3) is 0.333. The molecule has 1 N–H and O–H groups in total. The Bertz CT molecular complexity index is 787. The van der Waals surface area contributed by atoms with Gasteiger partial charge in [0.1, 0.15) is 5.37 Å². The van der Waals surface area contributed by atoms with E-state index >= 15 is 0 Å². The Hall–Kier alpha value is -2.27. The van der Waals surface area contributed by atoms with E-state index in [0.717, 1.165) is 24.8 Å². The van der Waals surface area contributed by atoms with Crippen LogP contribution in [0.4, 0.5) is 0 Å². The van der Waals surface area contributed by atoms with Gasteiger partial charge >= 0.3 is 0 Å². The summed E-state index contributed by atoms with van der Waals surface area (Å²) in [6, 6.07) is 18.3. The molecule has 2 fully saturated rings. The minimum atomic E-state index is -0.00450. The van der Waals surface area contributed by atoms with Gasteiger partial charge in [-0.15, -0.1) is 11.8 Å². The highest BCUT2D eigenvalue weighted by atomic mass is 32.2. The van der Waals surface area contributed by atoms with Crippen LogP contribution >= 0.6 is 11.8 Å². The Kier molecular flexibility index (Phi) is 4.98. The molecule has 1 aliphatic heterocycles. The number of amides is 2. The Balaban J connectivity index is 1.43. The number of thioether (sulfide) groups is 1. The third kappa shape index (κ3) is 3.93. The average Bonchev–Trinajstić information content (AvgIpc) is 3.41. The summed E-state index contributed by atoms with van der Waals surface area (Å²) in [5.74, 6) is 0.699. The molecule has 1 heterocycles. The molecule has 0 aromatic heterocycles. The third-order valence-corrected chi connectivity index (χ3v) is 6.08. The van der Waals surface area contributed by atoms with Crippen LogP contribution in [0.1, 0.15) is 39.7 Å². The third-order valence-electron chi connectivity index (χ3n) is 4.82. The lowest BCUT2D eigenvalue weighted by Crippen LogP contribution is -2.30. The average molecular weight is 366 g/mol. The summed E-state index contributed by atoms with van der Waals surface area (Å²) >= 11 is 1.66. The van der Waals surface area contributed by atoms with Crippen molar-refractivity contribution in [3.63, 3.8) is 0 Å². The van der Waals surface area contributed by atoms with Gasteiger partial charge in [-0.25, -0.2) is 0 Å². The highest BCUT2D eigenvalue weighted by molar-refractivity contribution is 8.00. The first-order chi connectivity index (χ1) is 12.7. The molecule has 1 saturated carbocycles. The van der Waals surface area contributed by atoms with Crippen molar-refractivity contribution in [1.82, 2.24) is 10.2 Å². The van der Waals surface area contributed by atoms with Crippen LogP contribution in [0.15, 0.2) is 54.6 Å². The molecule has 1 atom stereocenters. The van der Waals surface area contributed by atoms with Crippen LogP contribution in [0.2, 0.25) is 0 Å². The molecule has 0 radical (unpaired) electrons. The molecule has 2 amide bonds. The fourth-order valence-corrected chi connectivity index (χ4v) is 4.38. The lowest BCUT2D eigenvalue weighted by molar-refractivity contribution is -0.128.